The van der Waals surface area contributed by atoms with E-state index in [0.717, 1.165) is 0 Å². The van der Waals surface area contributed by atoms with Crippen LogP contribution in [0.1, 0.15) is 6.92 Å². The number of rotatable bonds is 5. The van der Waals surface area contributed by atoms with Gasteiger partial charge in [0, 0.05) is 0 Å². The van der Waals surface area contributed by atoms with Gasteiger partial charge >= 0.3 is 0 Å². The molecule has 0 aromatic rings. The summed E-state index contributed by atoms with van der Waals surface area (Å²) in [5, 5.41) is 23.5. The molecule has 0 bridgehead atoms. The maximum Gasteiger partial charge on any atom is 0.233 e. The molecule has 0 aromatic heterocycles. The lowest BCUT2D eigenvalue weighted by molar-refractivity contribution is -0.705. The summed E-state index contributed by atoms with van der Waals surface area (Å²) < 4.78 is 0. The van der Waals surface area contributed by atoms with Crippen molar-refractivity contribution in [2.24, 2.45) is 5.28 Å². The highest BCUT2D eigenvalue weighted by atomic mass is 16.7. The average molecular weight is 163 g/mol. The van der Waals surface area contributed by atoms with E-state index in [2.05, 4.69) is 10.1 Å². The number of aliphatic hydroxyl groups is 1. The van der Waals surface area contributed by atoms with Crippen molar-refractivity contribution in [2.75, 3.05) is 26.8 Å². The summed E-state index contributed by atoms with van der Waals surface area (Å²) >= 11 is 0. The van der Waals surface area contributed by atoms with Gasteiger partial charge in [0.05, 0.1) is 25.2 Å². The van der Waals surface area contributed by atoms with E-state index >= 15 is 0 Å². The molecule has 6 nitrogen and oxygen atoms in total. The second-order valence-electron chi connectivity index (χ2n) is 1.86. The van der Waals surface area contributed by atoms with Crippen LogP contribution in [0.4, 0.5) is 0 Å². The van der Waals surface area contributed by atoms with E-state index in [9.17, 15) is 5.21 Å². The fourth-order valence-electron chi connectivity index (χ4n) is 0.400. The Kier molecular flexibility index (Phi) is 5.18. The Labute approximate surface area is 65.2 Å². The molecule has 6 heteroatoms. The second-order valence-corrected chi connectivity index (χ2v) is 1.86. The number of hydrazine groups is 1. The maximum absolute atomic E-state index is 10.7. The molecule has 0 fully saturated rings. The Bertz CT molecular complexity index is 128. The zero-order valence-electron chi connectivity index (χ0n) is 6.73. The summed E-state index contributed by atoms with van der Waals surface area (Å²) in [7, 11) is 1.51. The van der Waals surface area contributed by atoms with Gasteiger partial charge in [-0.25, -0.2) is 0 Å². The van der Waals surface area contributed by atoms with Crippen molar-refractivity contribution in [2.45, 2.75) is 6.92 Å². The van der Waals surface area contributed by atoms with E-state index in [0.29, 0.717) is 11.6 Å². The van der Waals surface area contributed by atoms with Gasteiger partial charge in [0.1, 0.15) is 6.61 Å². The van der Waals surface area contributed by atoms with Crippen molar-refractivity contribution in [3.63, 3.8) is 0 Å². The van der Waals surface area contributed by atoms with Crippen molar-refractivity contribution < 1.29 is 14.9 Å². The zero-order valence-corrected chi connectivity index (χ0v) is 6.73. The molecule has 0 amide bonds. The predicted octanol–water partition coefficient (Wildman–Crippen LogP) is -0.260. The van der Waals surface area contributed by atoms with Crippen LogP contribution in [-0.2, 0) is 4.84 Å². The highest BCUT2D eigenvalue weighted by Gasteiger charge is 2.03. The van der Waals surface area contributed by atoms with Crippen LogP contribution in [0, 0.1) is 5.21 Å². The Morgan fingerprint density at radius 1 is 1.73 bits per heavy atom. The lowest BCUT2D eigenvalue weighted by atomic mass is 10.7. The molecule has 66 valence electrons. The van der Waals surface area contributed by atoms with Gasteiger partial charge in [-0.05, 0) is 6.92 Å². The second kappa shape index (κ2) is 5.72. The minimum Gasteiger partial charge on any atom is -0.569 e. The van der Waals surface area contributed by atoms with Gasteiger partial charge in [-0.1, -0.05) is 0 Å². The number of aliphatic hydroxyl groups excluding tert-OH is 1. The average Bonchev–Trinajstić information content (AvgIpc) is 2.00. The molecule has 0 spiro atoms. The smallest absolute Gasteiger partial charge is 0.233 e. The first-order chi connectivity index (χ1) is 5.22. The molecule has 0 aliphatic carbocycles. The highest BCUT2D eigenvalue weighted by molar-refractivity contribution is 4.28. The van der Waals surface area contributed by atoms with Gasteiger partial charge in [0.15, 0.2) is 0 Å². The summed E-state index contributed by atoms with van der Waals surface area (Å²) in [6.07, 6.45) is 0. The molecular formula is C5H13N3O3. The van der Waals surface area contributed by atoms with Crippen molar-refractivity contribution in [3.8, 4) is 0 Å². The third kappa shape index (κ3) is 4.38. The monoisotopic (exact) mass is 163 g/mol. The van der Waals surface area contributed by atoms with Crippen molar-refractivity contribution >= 4 is 0 Å². The molecule has 0 saturated heterocycles. The molecule has 0 aliphatic heterocycles. The summed E-state index contributed by atoms with van der Waals surface area (Å²) in [4.78, 5) is 4.77. The van der Waals surface area contributed by atoms with Gasteiger partial charge < -0.3 is 15.2 Å². The molecule has 0 radical (unpaired) electrons. The minimum atomic E-state index is -0.0864. The van der Waals surface area contributed by atoms with Crippen LogP contribution in [0.25, 0.3) is 0 Å². The van der Waals surface area contributed by atoms with Crippen molar-refractivity contribution in [3.05, 3.63) is 5.21 Å². The summed E-state index contributed by atoms with van der Waals surface area (Å²) in [6, 6.07) is 0. The first-order valence-corrected chi connectivity index (χ1v) is 3.34. The van der Waals surface area contributed by atoms with E-state index in [-0.39, 0.29) is 13.2 Å². The van der Waals surface area contributed by atoms with Crippen molar-refractivity contribution in [1.82, 2.24) is 5.01 Å². The first kappa shape index (κ1) is 9.96. The van der Waals surface area contributed by atoms with E-state index in [1.165, 1.54) is 12.1 Å². The van der Waals surface area contributed by atoms with Gasteiger partial charge in [0.25, 0.3) is 0 Å². The fourth-order valence-corrected chi connectivity index (χ4v) is 0.400. The molecular weight excluding hydrogens is 150 g/mol. The first-order valence-electron chi connectivity index (χ1n) is 3.34. The van der Waals surface area contributed by atoms with Gasteiger partial charge in [-0.3, -0.25) is 0 Å². The van der Waals surface area contributed by atoms with Gasteiger partial charge in [-0.2, -0.15) is 0 Å². The lowest BCUT2D eigenvalue weighted by Gasteiger charge is -2.10. The molecule has 0 rings (SSSR count). The third-order valence-electron chi connectivity index (χ3n) is 0.972. The van der Waals surface area contributed by atoms with E-state index < -0.39 is 0 Å². The van der Waals surface area contributed by atoms with Crippen LogP contribution < -0.4 is 0 Å². The molecule has 1 N–H and O–H groups in total. The van der Waals surface area contributed by atoms with Crippen molar-refractivity contribution in [1.29, 1.82) is 0 Å². The topological polar surface area (TPSA) is 71.1 Å². The quantitative estimate of drug-likeness (QED) is 0.344. The highest BCUT2D eigenvalue weighted by Crippen LogP contribution is 1.85. The number of likely N-dealkylation sites (N-methyl/N-ethyl adjacent to an activating group) is 1. The standard InChI is InChI=1S/C5H13N3O3/c1-3-11-6-8(10)7(2)4-5-9/h9H,3-5H2,1-2H3/b8-6-. The zero-order chi connectivity index (χ0) is 8.69. The molecule has 0 aromatic carbocycles. The van der Waals surface area contributed by atoms with Crippen LogP contribution in [0.3, 0.4) is 0 Å². The number of hydrogen-bond acceptors (Lipinski definition) is 4. The largest absolute Gasteiger partial charge is 0.569 e. The summed E-state index contributed by atoms with van der Waals surface area (Å²) in [5.74, 6) is 0. The van der Waals surface area contributed by atoms with Crippen LogP contribution in [0.5, 0.6) is 0 Å². The van der Waals surface area contributed by atoms with Gasteiger partial charge in [-0.15, -0.1) is 5.01 Å². The van der Waals surface area contributed by atoms with E-state index in [1.54, 1.807) is 6.92 Å². The van der Waals surface area contributed by atoms with E-state index in [4.69, 9.17) is 5.11 Å². The fraction of sp³-hybridized carbons (Fsp3) is 1.00. The SMILES string of the molecule is CCO/N=[N+](\[O-])N(C)CCO. The number of nitrogens with zero attached hydrogens (tertiary/aromatic N) is 3. The molecule has 11 heavy (non-hydrogen) atoms. The van der Waals surface area contributed by atoms with Crippen LogP contribution in [0.15, 0.2) is 5.28 Å². The molecule has 0 aliphatic rings. The Morgan fingerprint density at radius 3 is 2.82 bits per heavy atom. The summed E-state index contributed by atoms with van der Waals surface area (Å²) in [5.41, 5.74) is 0. The maximum atomic E-state index is 10.7. The van der Waals surface area contributed by atoms with Crippen LogP contribution >= 0.6 is 0 Å². The predicted molar refractivity (Wildman–Crippen MR) is 37.4 cm³/mol. The normalized spacial score (nSPS) is 11.4. The lowest BCUT2D eigenvalue weighted by Crippen LogP contribution is -2.29. The van der Waals surface area contributed by atoms with E-state index in [1.807, 2.05) is 0 Å². The molecule has 0 unspecified atom stereocenters. The minimum absolute atomic E-state index is 0.0864. The Balaban J connectivity index is 3.69. The van der Waals surface area contributed by atoms with Crippen LogP contribution in [-0.4, -0.2) is 41.9 Å². The Hall–Kier alpha value is -1.04. The third-order valence-corrected chi connectivity index (χ3v) is 0.972. The molecule has 0 saturated carbocycles. The van der Waals surface area contributed by atoms with Gasteiger partial charge in [0.2, 0.25) is 5.28 Å². The number of hydrogen-bond donors (Lipinski definition) is 1. The Morgan fingerprint density at radius 2 is 2.36 bits per heavy atom. The molecule has 0 heterocycles. The molecule has 0 atom stereocenters. The van der Waals surface area contributed by atoms with Crippen LogP contribution in [0.2, 0.25) is 0 Å². The summed E-state index contributed by atoms with van der Waals surface area (Å²) in [6.45, 7) is 2.23.